The fourth-order valence-corrected chi connectivity index (χ4v) is 4.39. The molecule has 0 saturated carbocycles. The van der Waals surface area contributed by atoms with Crippen LogP contribution >= 0.6 is 8.58 Å². The van der Waals surface area contributed by atoms with Crippen molar-refractivity contribution in [2.45, 2.75) is 27.7 Å². The number of hydrogen-bond acceptors (Lipinski definition) is 2. The number of hydrogen-bond donors (Lipinski definition) is 0. The quantitative estimate of drug-likeness (QED) is 0.440. The van der Waals surface area contributed by atoms with Crippen molar-refractivity contribution in [3.63, 3.8) is 0 Å². The molecule has 0 aliphatic rings. The van der Waals surface area contributed by atoms with Gasteiger partial charge in [0.15, 0.2) is 5.52 Å². The first-order valence-corrected chi connectivity index (χ1v) is 9.67. The Labute approximate surface area is 175 Å². The van der Waals surface area contributed by atoms with Crippen LogP contribution in [0.5, 0.6) is 11.5 Å². The fraction of sp³-hybridized carbons (Fsp3) is 0.174. The predicted octanol–water partition coefficient (Wildman–Crippen LogP) is 5.48. The van der Waals surface area contributed by atoms with Gasteiger partial charge in [0.1, 0.15) is 11.5 Å². The largest absolute Gasteiger partial charge is 0.457 e. The van der Waals surface area contributed by atoms with Crippen LogP contribution in [0.25, 0.3) is 0 Å². The van der Waals surface area contributed by atoms with Crippen LogP contribution in [0, 0.1) is 27.7 Å². The average molecular weight is 369 g/mol. The smallest absolute Gasteiger partial charge is 0.186 e. The summed E-state index contributed by atoms with van der Waals surface area (Å²) >= 11 is 0. The van der Waals surface area contributed by atoms with E-state index in [9.17, 15) is 4.79 Å². The molecule has 133 valence electrons. The van der Waals surface area contributed by atoms with E-state index in [1.807, 2.05) is 69.3 Å². The number of rotatable bonds is 5. The first kappa shape index (κ1) is 21.5. The van der Waals surface area contributed by atoms with E-state index in [1.165, 1.54) is 5.56 Å². The number of benzene rings is 3. The van der Waals surface area contributed by atoms with Gasteiger partial charge in [-0.2, -0.15) is 0 Å². The molecule has 0 bridgehead atoms. The fourth-order valence-electron chi connectivity index (χ4n) is 3.19. The van der Waals surface area contributed by atoms with Crippen molar-refractivity contribution in [1.82, 2.24) is 0 Å². The molecule has 4 heteroatoms. The molecule has 0 amide bonds. The molecule has 0 heterocycles. The first-order chi connectivity index (χ1) is 12.4. The summed E-state index contributed by atoms with van der Waals surface area (Å²) in [4.78, 5) is 12.9. The number of ether oxygens (including phenoxy) is 1. The van der Waals surface area contributed by atoms with Gasteiger partial charge in [0.25, 0.3) is 0 Å². The molecule has 1 unspecified atom stereocenters. The van der Waals surface area contributed by atoms with Crippen LogP contribution in [0.2, 0.25) is 0 Å². The Kier molecular flexibility index (Phi) is 7.46. The Morgan fingerprint density at radius 3 is 2.00 bits per heavy atom. The second-order valence-corrected chi connectivity index (χ2v) is 7.86. The molecule has 0 fully saturated rings. The molecule has 0 spiro atoms. The Bertz CT molecular complexity index is 929. The minimum Gasteiger partial charge on any atom is -0.457 e. The first-order valence-electron chi connectivity index (χ1n) is 8.67. The molecule has 0 N–H and O–H groups in total. The number of carbonyl (C=O) groups is 1. The molecule has 0 aliphatic carbocycles. The van der Waals surface area contributed by atoms with E-state index in [4.69, 9.17) is 4.74 Å². The van der Waals surface area contributed by atoms with Crippen molar-refractivity contribution in [2.75, 3.05) is 0 Å². The van der Waals surface area contributed by atoms with Crippen molar-refractivity contribution in [3.8, 4) is 11.5 Å². The van der Waals surface area contributed by atoms with Gasteiger partial charge in [-0.05, 0) is 82.5 Å². The third-order valence-electron chi connectivity index (χ3n) is 4.33. The average Bonchev–Trinajstić information content (AvgIpc) is 2.57. The van der Waals surface area contributed by atoms with E-state index in [-0.39, 0.29) is 33.0 Å². The van der Waals surface area contributed by atoms with E-state index in [0.29, 0.717) is 0 Å². The second kappa shape index (κ2) is 9.38. The van der Waals surface area contributed by atoms with Crippen LogP contribution in [0.15, 0.2) is 60.7 Å². The van der Waals surface area contributed by atoms with Crippen LogP contribution < -0.4 is 10.0 Å². The third kappa shape index (κ3) is 5.33. The van der Waals surface area contributed by atoms with E-state index >= 15 is 0 Å². The topological polar surface area (TPSA) is 26.3 Å². The van der Waals surface area contributed by atoms with Gasteiger partial charge in [-0.15, -0.1) is 0 Å². The summed E-state index contributed by atoms with van der Waals surface area (Å²) in [5, 5.41) is 1.06. The summed E-state index contributed by atoms with van der Waals surface area (Å²) in [7, 11) is 0.114. The molecule has 3 aromatic rings. The maximum atomic E-state index is 12.9. The van der Waals surface area contributed by atoms with Gasteiger partial charge >= 0.3 is 0 Å². The molecule has 3 rings (SSSR count). The van der Waals surface area contributed by atoms with E-state index in [0.717, 1.165) is 39.1 Å². The zero-order chi connectivity index (χ0) is 18.7. The molecule has 0 aliphatic heterocycles. The monoisotopic (exact) mass is 369 g/mol. The molecule has 0 saturated heterocycles. The van der Waals surface area contributed by atoms with Crippen LogP contribution in [-0.2, 0) is 0 Å². The molecule has 3 aromatic carbocycles. The van der Waals surface area contributed by atoms with E-state index in [2.05, 4.69) is 19.1 Å². The van der Waals surface area contributed by atoms with Crippen molar-refractivity contribution >= 4 is 38.3 Å². The molecule has 0 aromatic heterocycles. The molecule has 2 nitrogen and oxygen atoms in total. The van der Waals surface area contributed by atoms with Crippen LogP contribution in [0.4, 0.5) is 0 Å². The Morgan fingerprint density at radius 1 is 0.778 bits per heavy atom. The van der Waals surface area contributed by atoms with Crippen molar-refractivity contribution in [2.24, 2.45) is 0 Å². The molecule has 1 radical (unpaired) electrons. The Balaban J connectivity index is 0.00000261. The molecular weight excluding hydrogens is 346 g/mol. The minimum absolute atomic E-state index is 0. The SMILES string of the molecule is Cc1cc(C)c(C(=O)Pc2ccc(Oc3ccccc3)cc2C)c(C)c1.[Li]. The molecular formula is C23H23LiO2P. The summed E-state index contributed by atoms with van der Waals surface area (Å²) in [5.41, 5.74) is 5.44. The third-order valence-corrected chi connectivity index (χ3v) is 5.64. The zero-order valence-corrected chi connectivity index (χ0v) is 17.6. The summed E-state index contributed by atoms with van der Waals surface area (Å²) in [6, 6.07) is 19.8. The van der Waals surface area contributed by atoms with Crippen LogP contribution in [0.1, 0.15) is 32.6 Å². The van der Waals surface area contributed by atoms with E-state index < -0.39 is 0 Å². The van der Waals surface area contributed by atoms with Crippen LogP contribution in [0.3, 0.4) is 0 Å². The summed E-state index contributed by atoms with van der Waals surface area (Å²) < 4.78 is 5.87. The number of para-hydroxylation sites is 1. The van der Waals surface area contributed by atoms with Gasteiger partial charge in [-0.1, -0.05) is 42.0 Å². The van der Waals surface area contributed by atoms with Gasteiger partial charge < -0.3 is 4.74 Å². The summed E-state index contributed by atoms with van der Waals surface area (Å²) in [6.07, 6.45) is 0. The minimum atomic E-state index is 0. The summed E-state index contributed by atoms with van der Waals surface area (Å²) in [5.74, 6) is 1.60. The Morgan fingerprint density at radius 2 is 1.41 bits per heavy atom. The summed E-state index contributed by atoms with van der Waals surface area (Å²) in [6.45, 7) is 8.12. The predicted molar refractivity (Wildman–Crippen MR) is 116 cm³/mol. The van der Waals surface area contributed by atoms with Gasteiger partial charge in [0.05, 0.1) is 0 Å². The van der Waals surface area contributed by atoms with E-state index in [1.54, 1.807) is 0 Å². The normalized spacial score (nSPS) is 10.7. The molecule has 1 atom stereocenters. The van der Waals surface area contributed by atoms with Gasteiger partial charge in [0.2, 0.25) is 0 Å². The van der Waals surface area contributed by atoms with Crippen LogP contribution in [-0.4, -0.2) is 24.4 Å². The second-order valence-electron chi connectivity index (χ2n) is 6.62. The van der Waals surface area contributed by atoms with Crippen molar-refractivity contribution in [1.29, 1.82) is 0 Å². The van der Waals surface area contributed by atoms with Gasteiger partial charge in [-0.3, -0.25) is 4.79 Å². The Hall–Kier alpha value is -1.84. The number of carbonyl (C=O) groups excluding carboxylic acids is 1. The maximum Gasteiger partial charge on any atom is 0.186 e. The number of aryl methyl sites for hydroxylation is 4. The van der Waals surface area contributed by atoms with Crippen molar-refractivity contribution < 1.29 is 9.53 Å². The van der Waals surface area contributed by atoms with Crippen molar-refractivity contribution in [3.05, 3.63) is 88.5 Å². The standard InChI is InChI=1S/C23H23O2P.Li/c1-15-12-17(3)22(18(4)13-15)23(24)26-21-11-10-20(14-16(21)2)25-19-8-6-5-7-9-19;/h5-14,26H,1-4H3;. The molecule has 27 heavy (non-hydrogen) atoms. The maximum absolute atomic E-state index is 12.9. The van der Waals surface area contributed by atoms with Gasteiger partial charge in [-0.25, -0.2) is 0 Å². The zero-order valence-electron chi connectivity index (χ0n) is 16.6. The van der Waals surface area contributed by atoms with Gasteiger partial charge in [0, 0.05) is 24.4 Å².